The maximum absolute atomic E-state index is 10.7. The summed E-state index contributed by atoms with van der Waals surface area (Å²) in [4.78, 5) is 25.1. The van der Waals surface area contributed by atoms with Gasteiger partial charge in [0.25, 0.3) is 0 Å². The van der Waals surface area contributed by atoms with Gasteiger partial charge in [-0.25, -0.2) is 14.6 Å². The quantitative estimate of drug-likeness (QED) is 0.763. The zero-order valence-corrected chi connectivity index (χ0v) is 9.47. The number of hydrogen-bond donors (Lipinski definition) is 2. The second kappa shape index (κ2) is 5.44. The first-order valence-electron chi connectivity index (χ1n) is 4.91. The number of carboxylic acids is 2. The van der Waals surface area contributed by atoms with Gasteiger partial charge in [-0.2, -0.15) is 0 Å². The van der Waals surface area contributed by atoms with Crippen LogP contribution in [0.25, 0.3) is 0 Å². The molecule has 94 valence electrons. The molecule has 1 rings (SSSR count). The number of ether oxygens (including phenoxy) is 1. The van der Waals surface area contributed by atoms with Crippen LogP contribution in [0.4, 0.5) is 0 Å². The Balaban J connectivity index is 2.92. The normalized spacial score (nSPS) is 12.4. The van der Waals surface area contributed by atoms with Crippen LogP contribution in [0.15, 0.2) is 4.42 Å². The van der Waals surface area contributed by atoms with Crippen molar-refractivity contribution in [1.82, 2.24) is 4.98 Å². The van der Waals surface area contributed by atoms with Crippen LogP contribution in [0.2, 0.25) is 0 Å². The zero-order chi connectivity index (χ0) is 13.0. The van der Waals surface area contributed by atoms with Crippen molar-refractivity contribution in [3.05, 3.63) is 17.3 Å². The van der Waals surface area contributed by atoms with Crippen molar-refractivity contribution in [3.8, 4) is 0 Å². The van der Waals surface area contributed by atoms with Crippen molar-refractivity contribution in [1.29, 1.82) is 0 Å². The molecule has 1 aromatic heterocycles. The van der Waals surface area contributed by atoms with Crippen molar-refractivity contribution in [2.24, 2.45) is 5.92 Å². The van der Waals surface area contributed by atoms with Crippen LogP contribution in [0.3, 0.4) is 0 Å². The van der Waals surface area contributed by atoms with Crippen molar-refractivity contribution in [3.63, 3.8) is 0 Å². The smallest absolute Gasteiger partial charge is 0.374 e. The molecule has 17 heavy (non-hydrogen) atoms. The summed E-state index contributed by atoms with van der Waals surface area (Å²) in [5.74, 6) is -3.36. The Bertz CT molecular complexity index is 393. The number of carboxylic acid groups (broad SMARTS) is 2. The maximum Gasteiger partial charge on any atom is 0.374 e. The average molecular weight is 243 g/mol. The summed E-state index contributed by atoms with van der Waals surface area (Å²) < 4.78 is 9.81. The number of carbonyl (C=O) groups is 2. The number of aromatic nitrogens is 1. The minimum atomic E-state index is -1.44. The van der Waals surface area contributed by atoms with E-state index in [0.29, 0.717) is 13.0 Å². The minimum absolute atomic E-state index is 0.0574. The number of nitrogens with zero attached hydrogens (tertiary/aromatic N) is 1. The van der Waals surface area contributed by atoms with E-state index in [9.17, 15) is 9.59 Å². The predicted octanol–water partition coefficient (Wildman–Crippen LogP) is 0.896. The van der Waals surface area contributed by atoms with Crippen LogP contribution in [-0.2, 0) is 11.2 Å². The molecular weight excluding hydrogens is 230 g/mol. The van der Waals surface area contributed by atoms with E-state index in [1.807, 2.05) is 6.92 Å². The molecule has 7 nitrogen and oxygen atoms in total. The van der Waals surface area contributed by atoms with E-state index in [1.165, 1.54) is 7.11 Å². The molecule has 0 aliphatic carbocycles. The van der Waals surface area contributed by atoms with Crippen LogP contribution in [0.1, 0.15) is 33.9 Å². The highest BCUT2D eigenvalue weighted by molar-refractivity contribution is 5.98. The maximum atomic E-state index is 10.7. The van der Waals surface area contributed by atoms with Gasteiger partial charge in [-0.05, 0) is 5.92 Å². The number of methoxy groups -OCH3 is 1. The minimum Gasteiger partial charge on any atom is -0.476 e. The summed E-state index contributed by atoms with van der Waals surface area (Å²) in [6, 6.07) is 0. The molecule has 0 fully saturated rings. The summed E-state index contributed by atoms with van der Waals surface area (Å²) in [7, 11) is 1.54. The van der Waals surface area contributed by atoms with E-state index in [1.54, 1.807) is 0 Å². The highest BCUT2D eigenvalue weighted by atomic mass is 16.5. The summed E-state index contributed by atoms with van der Waals surface area (Å²) in [5, 5.41) is 17.5. The van der Waals surface area contributed by atoms with E-state index in [2.05, 4.69) is 4.98 Å². The van der Waals surface area contributed by atoms with Crippen LogP contribution < -0.4 is 0 Å². The third kappa shape index (κ3) is 3.28. The fourth-order valence-corrected chi connectivity index (χ4v) is 1.38. The number of hydrogen-bond acceptors (Lipinski definition) is 5. The summed E-state index contributed by atoms with van der Waals surface area (Å²) >= 11 is 0. The molecule has 1 heterocycles. The van der Waals surface area contributed by atoms with Crippen molar-refractivity contribution in [2.45, 2.75) is 13.3 Å². The van der Waals surface area contributed by atoms with Gasteiger partial charge in [-0.15, -0.1) is 0 Å². The molecule has 2 N–H and O–H groups in total. The Hall–Kier alpha value is -1.89. The highest BCUT2D eigenvalue weighted by Gasteiger charge is 2.25. The molecule has 0 saturated carbocycles. The van der Waals surface area contributed by atoms with Gasteiger partial charge in [-0.1, -0.05) is 6.92 Å². The van der Waals surface area contributed by atoms with Gasteiger partial charge in [0.1, 0.15) is 0 Å². The van der Waals surface area contributed by atoms with Gasteiger partial charge in [-0.3, -0.25) is 0 Å². The molecule has 1 unspecified atom stereocenters. The van der Waals surface area contributed by atoms with Crippen LogP contribution in [-0.4, -0.2) is 40.9 Å². The fourth-order valence-electron chi connectivity index (χ4n) is 1.38. The molecule has 1 atom stereocenters. The molecule has 0 saturated heterocycles. The van der Waals surface area contributed by atoms with Crippen LogP contribution in [0.5, 0.6) is 0 Å². The Morgan fingerprint density at radius 3 is 2.47 bits per heavy atom. The van der Waals surface area contributed by atoms with Gasteiger partial charge < -0.3 is 19.4 Å². The van der Waals surface area contributed by atoms with Crippen molar-refractivity contribution < 1.29 is 29.0 Å². The lowest BCUT2D eigenvalue weighted by atomic mass is 10.1. The Kier molecular flexibility index (Phi) is 4.22. The topological polar surface area (TPSA) is 110 Å². The molecular formula is C10H13NO6. The first-order chi connectivity index (χ1) is 7.95. The van der Waals surface area contributed by atoms with Gasteiger partial charge in [0.15, 0.2) is 5.89 Å². The summed E-state index contributed by atoms with van der Waals surface area (Å²) in [6.07, 6.45) is 0.321. The standard InChI is InChI=1S/C10H13NO6/c1-5(4-16-2)3-6-11-7(9(12)13)8(17-6)10(14)15/h5H,3-4H2,1-2H3,(H,12,13)(H,14,15). The molecule has 0 aromatic carbocycles. The van der Waals surface area contributed by atoms with Gasteiger partial charge in [0.2, 0.25) is 11.5 Å². The van der Waals surface area contributed by atoms with Crippen LogP contribution in [0, 0.1) is 5.92 Å². The molecule has 0 aliphatic rings. The third-order valence-electron chi connectivity index (χ3n) is 2.04. The lowest BCUT2D eigenvalue weighted by molar-refractivity contribution is 0.0622. The van der Waals surface area contributed by atoms with E-state index in [0.717, 1.165) is 0 Å². The largest absolute Gasteiger partial charge is 0.476 e. The van der Waals surface area contributed by atoms with Gasteiger partial charge in [0.05, 0.1) is 0 Å². The Labute approximate surface area is 97.0 Å². The fraction of sp³-hybridized carbons (Fsp3) is 0.500. The molecule has 0 bridgehead atoms. The molecule has 0 amide bonds. The molecule has 0 spiro atoms. The SMILES string of the molecule is COCC(C)Cc1nc(C(=O)O)c(C(=O)O)o1. The van der Waals surface area contributed by atoms with Gasteiger partial charge in [0, 0.05) is 20.1 Å². The Morgan fingerprint density at radius 1 is 1.41 bits per heavy atom. The molecule has 0 aliphatic heterocycles. The molecule has 0 radical (unpaired) electrons. The first-order valence-corrected chi connectivity index (χ1v) is 4.91. The second-order valence-electron chi connectivity index (χ2n) is 3.66. The first kappa shape index (κ1) is 13.2. The number of aromatic carboxylic acids is 2. The van der Waals surface area contributed by atoms with Crippen molar-refractivity contribution >= 4 is 11.9 Å². The van der Waals surface area contributed by atoms with E-state index in [-0.39, 0.29) is 11.8 Å². The third-order valence-corrected chi connectivity index (χ3v) is 2.04. The number of rotatable bonds is 6. The van der Waals surface area contributed by atoms with E-state index >= 15 is 0 Å². The molecule has 1 aromatic rings. The monoisotopic (exact) mass is 243 g/mol. The summed E-state index contributed by atoms with van der Waals surface area (Å²) in [5.41, 5.74) is -0.572. The molecule has 7 heteroatoms. The second-order valence-corrected chi connectivity index (χ2v) is 3.66. The average Bonchev–Trinajstić information content (AvgIpc) is 2.62. The Morgan fingerprint density at radius 2 is 2.06 bits per heavy atom. The van der Waals surface area contributed by atoms with E-state index in [4.69, 9.17) is 19.4 Å². The number of oxazole rings is 1. The van der Waals surface area contributed by atoms with Crippen molar-refractivity contribution in [2.75, 3.05) is 13.7 Å². The van der Waals surface area contributed by atoms with E-state index < -0.39 is 23.4 Å². The zero-order valence-electron chi connectivity index (χ0n) is 9.47. The summed E-state index contributed by atoms with van der Waals surface area (Å²) in [6.45, 7) is 2.31. The lowest BCUT2D eigenvalue weighted by Crippen LogP contribution is -2.07. The van der Waals surface area contributed by atoms with Crippen LogP contribution >= 0.6 is 0 Å². The highest BCUT2D eigenvalue weighted by Crippen LogP contribution is 2.15. The van der Waals surface area contributed by atoms with Gasteiger partial charge >= 0.3 is 11.9 Å². The predicted molar refractivity (Wildman–Crippen MR) is 55.2 cm³/mol. The lowest BCUT2D eigenvalue weighted by Gasteiger charge is -2.05.